The van der Waals surface area contributed by atoms with Gasteiger partial charge in [0.2, 0.25) is 0 Å². The van der Waals surface area contributed by atoms with Gasteiger partial charge in [-0.05, 0) is 39.3 Å². The Bertz CT molecular complexity index is 244. The molecule has 0 aromatic carbocycles. The SMILES string of the molecule is COCCCN(C)CCC(NC1CC1)C(=O)OC. The molecule has 1 rings (SSSR count). The smallest absolute Gasteiger partial charge is 0.322 e. The lowest BCUT2D eigenvalue weighted by Gasteiger charge is -2.21. The van der Waals surface area contributed by atoms with Crippen molar-refractivity contribution in [2.75, 3.05) is 41.0 Å². The maximum atomic E-state index is 11.6. The number of carbonyl (C=O) groups is 1. The van der Waals surface area contributed by atoms with Crippen molar-refractivity contribution in [1.82, 2.24) is 10.2 Å². The van der Waals surface area contributed by atoms with Crippen LogP contribution in [-0.2, 0) is 14.3 Å². The number of nitrogens with one attached hydrogen (secondary N) is 1. The summed E-state index contributed by atoms with van der Waals surface area (Å²) >= 11 is 0. The zero-order chi connectivity index (χ0) is 13.4. The Balaban J connectivity index is 2.20. The topological polar surface area (TPSA) is 50.8 Å². The van der Waals surface area contributed by atoms with Gasteiger partial charge in [-0.3, -0.25) is 4.79 Å². The van der Waals surface area contributed by atoms with Crippen molar-refractivity contribution in [1.29, 1.82) is 0 Å². The molecular weight excluding hydrogens is 232 g/mol. The molecule has 0 bridgehead atoms. The first kappa shape index (κ1) is 15.4. The van der Waals surface area contributed by atoms with Gasteiger partial charge in [-0.25, -0.2) is 0 Å². The van der Waals surface area contributed by atoms with E-state index in [0.29, 0.717) is 6.04 Å². The molecule has 18 heavy (non-hydrogen) atoms. The van der Waals surface area contributed by atoms with Crippen LogP contribution in [-0.4, -0.2) is 63.9 Å². The number of hydrogen-bond donors (Lipinski definition) is 1. The number of rotatable bonds is 10. The highest BCUT2D eigenvalue weighted by atomic mass is 16.5. The van der Waals surface area contributed by atoms with Crippen molar-refractivity contribution < 1.29 is 14.3 Å². The molecule has 0 spiro atoms. The first-order valence-corrected chi connectivity index (χ1v) is 6.68. The molecule has 1 unspecified atom stereocenters. The Morgan fingerprint density at radius 3 is 2.67 bits per heavy atom. The fourth-order valence-corrected chi connectivity index (χ4v) is 1.89. The molecule has 0 saturated heterocycles. The fourth-order valence-electron chi connectivity index (χ4n) is 1.89. The van der Waals surface area contributed by atoms with Crippen molar-refractivity contribution in [2.24, 2.45) is 0 Å². The van der Waals surface area contributed by atoms with Gasteiger partial charge in [0, 0.05) is 26.3 Å². The van der Waals surface area contributed by atoms with Crippen molar-refractivity contribution in [3.8, 4) is 0 Å². The van der Waals surface area contributed by atoms with E-state index in [-0.39, 0.29) is 12.0 Å². The molecule has 1 atom stereocenters. The summed E-state index contributed by atoms with van der Waals surface area (Å²) in [7, 11) is 5.24. The number of carbonyl (C=O) groups excluding carboxylic acids is 1. The second-order valence-corrected chi connectivity index (χ2v) is 4.95. The number of esters is 1. The van der Waals surface area contributed by atoms with Crippen LogP contribution in [0, 0.1) is 0 Å². The molecule has 0 amide bonds. The maximum Gasteiger partial charge on any atom is 0.322 e. The van der Waals surface area contributed by atoms with Gasteiger partial charge in [0.05, 0.1) is 7.11 Å². The minimum absolute atomic E-state index is 0.146. The van der Waals surface area contributed by atoms with E-state index in [1.807, 2.05) is 0 Å². The molecule has 1 saturated carbocycles. The molecule has 0 aliphatic heterocycles. The van der Waals surface area contributed by atoms with Gasteiger partial charge < -0.3 is 19.7 Å². The number of ether oxygens (including phenoxy) is 2. The minimum Gasteiger partial charge on any atom is -0.468 e. The fraction of sp³-hybridized carbons (Fsp3) is 0.923. The van der Waals surface area contributed by atoms with Crippen molar-refractivity contribution in [3.05, 3.63) is 0 Å². The van der Waals surface area contributed by atoms with E-state index < -0.39 is 0 Å². The quantitative estimate of drug-likeness (QED) is 0.460. The lowest BCUT2D eigenvalue weighted by Crippen LogP contribution is -2.41. The summed E-state index contributed by atoms with van der Waals surface area (Å²) in [5, 5.41) is 3.34. The first-order chi connectivity index (χ1) is 8.67. The van der Waals surface area contributed by atoms with Gasteiger partial charge in [0.15, 0.2) is 0 Å². The molecule has 0 aromatic rings. The minimum atomic E-state index is -0.160. The van der Waals surface area contributed by atoms with Crippen molar-refractivity contribution in [3.63, 3.8) is 0 Å². The zero-order valence-electron chi connectivity index (χ0n) is 11.8. The van der Waals surface area contributed by atoms with Crippen LogP contribution in [0.4, 0.5) is 0 Å². The predicted molar refractivity (Wildman–Crippen MR) is 70.6 cm³/mol. The molecule has 5 nitrogen and oxygen atoms in total. The van der Waals surface area contributed by atoms with Gasteiger partial charge >= 0.3 is 5.97 Å². The van der Waals surface area contributed by atoms with Crippen LogP contribution in [0.5, 0.6) is 0 Å². The van der Waals surface area contributed by atoms with Crippen LogP contribution in [0.1, 0.15) is 25.7 Å². The molecule has 1 aliphatic carbocycles. The van der Waals surface area contributed by atoms with E-state index in [1.54, 1.807) is 7.11 Å². The van der Waals surface area contributed by atoms with E-state index in [2.05, 4.69) is 17.3 Å². The molecule has 0 radical (unpaired) electrons. The Morgan fingerprint density at radius 1 is 1.39 bits per heavy atom. The Kier molecular flexibility index (Phi) is 7.23. The Labute approximate surface area is 110 Å². The number of methoxy groups -OCH3 is 2. The lowest BCUT2D eigenvalue weighted by atomic mass is 10.2. The summed E-state index contributed by atoms with van der Waals surface area (Å²) in [6.07, 6.45) is 4.17. The van der Waals surface area contributed by atoms with Crippen LogP contribution in [0.2, 0.25) is 0 Å². The molecule has 5 heteroatoms. The van der Waals surface area contributed by atoms with Gasteiger partial charge in [0.25, 0.3) is 0 Å². The molecular formula is C13H26N2O3. The molecule has 1 fully saturated rings. The van der Waals surface area contributed by atoms with Crippen molar-refractivity contribution >= 4 is 5.97 Å². The van der Waals surface area contributed by atoms with E-state index in [0.717, 1.165) is 32.5 Å². The highest BCUT2D eigenvalue weighted by Gasteiger charge is 2.28. The Hall–Kier alpha value is -0.650. The first-order valence-electron chi connectivity index (χ1n) is 6.68. The van der Waals surface area contributed by atoms with Crippen LogP contribution >= 0.6 is 0 Å². The Morgan fingerprint density at radius 2 is 2.11 bits per heavy atom. The predicted octanol–water partition coefficient (Wildman–Crippen LogP) is 0.638. The van der Waals surface area contributed by atoms with E-state index in [4.69, 9.17) is 9.47 Å². The van der Waals surface area contributed by atoms with Gasteiger partial charge in [-0.15, -0.1) is 0 Å². The second kappa shape index (κ2) is 8.45. The average Bonchev–Trinajstić information content (AvgIpc) is 3.17. The zero-order valence-corrected chi connectivity index (χ0v) is 11.8. The number of hydrogen-bond acceptors (Lipinski definition) is 5. The standard InChI is InChI=1S/C13H26N2O3/c1-15(8-4-10-17-2)9-7-12(13(16)18-3)14-11-5-6-11/h11-12,14H,4-10H2,1-3H3. The van der Waals surface area contributed by atoms with Gasteiger partial charge in [-0.1, -0.05) is 0 Å². The van der Waals surface area contributed by atoms with Gasteiger partial charge in [-0.2, -0.15) is 0 Å². The van der Waals surface area contributed by atoms with Crippen LogP contribution in [0.15, 0.2) is 0 Å². The molecule has 106 valence electrons. The average molecular weight is 258 g/mol. The lowest BCUT2D eigenvalue weighted by molar-refractivity contribution is -0.143. The van der Waals surface area contributed by atoms with Crippen LogP contribution < -0.4 is 5.32 Å². The molecule has 0 aromatic heterocycles. The molecule has 1 aliphatic rings. The van der Waals surface area contributed by atoms with Crippen LogP contribution in [0.3, 0.4) is 0 Å². The highest BCUT2D eigenvalue weighted by molar-refractivity contribution is 5.75. The summed E-state index contributed by atoms with van der Waals surface area (Å²) in [5.74, 6) is -0.146. The maximum absolute atomic E-state index is 11.6. The monoisotopic (exact) mass is 258 g/mol. The molecule has 1 N–H and O–H groups in total. The summed E-state index contributed by atoms with van der Waals surface area (Å²) in [5.41, 5.74) is 0. The van der Waals surface area contributed by atoms with Crippen molar-refractivity contribution in [2.45, 2.75) is 37.8 Å². The third-order valence-corrected chi connectivity index (χ3v) is 3.19. The summed E-state index contributed by atoms with van der Waals surface area (Å²) in [6, 6.07) is 0.361. The van der Waals surface area contributed by atoms with Gasteiger partial charge in [0.1, 0.15) is 6.04 Å². The third-order valence-electron chi connectivity index (χ3n) is 3.19. The highest BCUT2D eigenvalue weighted by Crippen LogP contribution is 2.20. The summed E-state index contributed by atoms with van der Waals surface area (Å²) in [6.45, 7) is 2.67. The van der Waals surface area contributed by atoms with Crippen LogP contribution in [0.25, 0.3) is 0 Å². The summed E-state index contributed by atoms with van der Waals surface area (Å²) < 4.78 is 9.85. The summed E-state index contributed by atoms with van der Waals surface area (Å²) in [4.78, 5) is 13.9. The second-order valence-electron chi connectivity index (χ2n) is 4.95. The van der Waals surface area contributed by atoms with E-state index in [9.17, 15) is 4.79 Å². The third kappa shape index (κ3) is 6.33. The van der Waals surface area contributed by atoms with E-state index >= 15 is 0 Å². The normalized spacial score (nSPS) is 16.9. The number of nitrogens with zero attached hydrogens (tertiary/aromatic N) is 1. The molecule has 0 heterocycles. The largest absolute Gasteiger partial charge is 0.468 e. The van der Waals surface area contributed by atoms with E-state index in [1.165, 1.54) is 20.0 Å².